The topological polar surface area (TPSA) is 54.0 Å². The lowest BCUT2D eigenvalue weighted by molar-refractivity contribution is 0.0938. The minimum Gasteiger partial charge on any atom is -0.384 e. The van der Waals surface area contributed by atoms with Crippen LogP contribution in [0.5, 0.6) is 0 Å². The van der Waals surface area contributed by atoms with Crippen LogP contribution in [0.4, 0.5) is 5.69 Å². The zero-order valence-corrected chi connectivity index (χ0v) is 13.1. The molecule has 4 heteroatoms. The molecule has 4 nitrogen and oxygen atoms in total. The highest BCUT2D eigenvalue weighted by molar-refractivity contribution is 5.93. The van der Waals surface area contributed by atoms with E-state index in [1.165, 1.54) is 0 Å². The molecule has 1 aromatic rings. The Morgan fingerprint density at radius 1 is 1.25 bits per heavy atom. The maximum Gasteiger partial charge on any atom is 0.270 e. The Morgan fingerprint density at radius 2 is 1.90 bits per heavy atom. The smallest absolute Gasteiger partial charge is 0.270 e. The molecule has 0 radical (unpaired) electrons. The van der Waals surface area contributed by atoms with Gasteiger partial charge in [-0.15, -0.1) is 0 Å². The molecular weight excluding hydrogens is 250 g/mol. The Balaban J connectivity index is 1.97. The second-order valence-corrected chi connectivity index (χ2v) is 6.71. The summed E-state index contributed by atoms with van der Waals surface area (Å²) in [4.78, 5) is 16.4. The number of amides is 1. The molecule has 2 rings (SSSR count). The van der Waals surface area contributed by atoms with Crippen LogP contribution in [0.3, 0.4) is 0 Å². The van der Waals surface area contributed by atoms with Gasteiger partial charge < -0.3 is 10.6 Å². The van der Waals surface area contributed by atoms with Crippen LogP contribution in [0.2, 0.25) is 0 Å². The van der Waals surface area contributed by atoms with Gasteiger partial charge in [0.05, 0.1) is 11.9 Å². The third-order valence-corrected chi connectivity index (χ3v) is 4.87. The van der Waals surface area contributed by atoms with Gasteiger partial charge >= 0.3 is 0 Å². The predicted molar refractivity (Wildman–Crippen MR) is 81.8 cm³/mol. The molecule has 0 saturated heterocycles. The first kappa shape index (κ1) is 14.8. The van der Waals surface area contributed by atoms with Crippen LogP contribution in [0, 0.1) is 10.8 Å². The van der Waals surface area contributed by atoms with Crippen molar-refractivity contribution < 1.29 is 4.79 Å². The number of carbonyl (C=O) groups is 1. The zero-order valence-electron chi connectivity index (χ0n) is 13.1. The molecule has 1 fully saturated rings. The summed E-state index contributed by atoms with van der Waals surface area (Å²) in [6.45, 7) is 11.8. The van der Waals surface area contributed by atoms with Crippen molar-refractivity contribution in [1.82, 2.24) is 10.3 Å². The normalized spacial score (nSPS) is 19.4. The molecule has 0 spiro atoms. The number of carbonyl (C=O) groups excluding carboxylic acids is 1. The zero-order chi connectivity index (χ0) is 15.0. The van der Waals surface area contributed by atoms with Gasteiger partial charge in [0.25, 0.3) is 5.91 Å². The van der Waals surface area contributed by atoms with Crippen molar-refractivity contribution in [2.75, 3.05) is 11.9 Å². The molecule has 1 amide bonds. The van der Waals surface area contributed by atoms with Gasteiger partial charge in [0.15, 0.2) is 0 Å². The third-order valence-electron chi connectivity index (χ3n) is 4.87. The summed E-state index contributed by atoms with van der Waals surface area (Å²) in [5.74, 6) is -0.0873. The Bertz CT molecular complexity index is 477. The molecule has 1 heterocycles. The van der Waals surface area contributed by atoms with Gasteiger partial charge in [0.2, 0.25) is 0 Å². The van der Waals surface area contributed by atoms with E-state index in [-0.39, 0.29) is 22.8 Å². The van der Waals surface area contributed by atoms with E-state index in [0.717, 1.165) is 18.7 Å². The maximum absolute atomic E-state index is 12.2. The van der Waals surface area contributed by atoms with Gasteiger partial charge in [-0.1, -0.05) is 34.6 Å². The van der Waals surface area contributed by atoms with Gasteiger partial charge in [0, 0.05) is 12.6 Å². The molecule has 110 valence electrons. The van der Waals surface area contributed by atoms with Gasteiger partial charge in [0.1, 0.15) is 5.69 Å². The summed E-state index contributed by atoms with van der Waals surface area (Å²) in [6, 6.07) is 3.89. The molecule has 0 atom stereocenters. The molecular formula is C16H25N3O. The van der Waals surface area contributed by atoms with Crippen LogP contribution >= 0.6 is 0 Å². The van der Waals surface area contributed by atoms with Crippen molar-refractivity contribution in [3.8, 4) is 0 Å². The lowest BCUT2D eigenvalue weighted by Gasteiger charge is -2.08. The van der Waals surface area contributed by atoms with Crippen LogP contribution < -0.4 is 10.6 Å². The Labute approximate surface area is 121 Å². The van der Waals surface area contributed by atoms with Crippen molar-refractivity contribution in [3.05, 3.63) is 24.0 Å². The molecule has 20 heavy (non-hydrogen) atoms. The first-order valence-electron chi connectivity index (χ1n) is 7.31. The number of aromatic nitrogens is 1. The van der Waals surface area contributed by atoms with E-state index in [4.69, 9.17) is 0 Å². The largest absolute Gasteiger partial charge is 0.384 e. The summed E-state index contributed by atoms with van der Waals surface area (Å²) < 4.78 is 0. The molecule has 0 bridgehead atoms. The van der Waals surface area contributed by atoms with Crippen molar-refractivity contribution >= 4 is 11.6 Å². The molecule has 0 aliphatic heterocycles. The predicted octanol–water partition coefficient (Wildman–Crippen LogP) is 3.07. The number of hydrogen-bond acceptors (Lipinski definition) is 3. The number of nitrogens with zero attached hydrogens (tertiary/aromatic N) is 1. The fourth-order valence-electron chi connectivity index (χ4n) is 2.66. The Kier molecular flexibility index (Phi) is 3.76. The molecule has 1 saturated carbocycles. The average Bonchev–Trinajstić information content (AvgIpc) is 2.79. The van der Waals surface area contributed by atoms with E-state index in [2.05, 4.69) is 50.2 Å². The van der Waals surface area contributed by atoms with E-state index in [1.807, 2.05) is 6.07 Å². The van der Waals surface area contributed by atoms with E-state index in [9.17, 15) is 4.79 Å². The minimum absolute atomic E-state index is 0.0873. The lowest BCUT2D eigenvalue weighted by atomic mass is 10.0. The second-order valence-electron chi connectivity index (χ2n) is 6.71. The standard InChI is InChI=1S/C16H25N3O/c1-6-9-17-11-7-8-12(18-10-11)13(20)19-14-15(2,3)16(14,4)5/h7-8,10,14,17H,6,9H2,1-5H3,(H,19,20). The SMILES string of the molecule is CCCNc1ccc(C(=O)NC2C(C)(C)C2(C)C)nc1. The molecule has 2 N–H and O–H groups in total. The highest BCUT2D eigenvalue weighted by atomic mass is 16.2. The second kappa shape index (κ2) is 5.08. The molecule has 1 aromatic heterocycles. The van der Waals surface area contributed by atoms with Gasteiger partial charge in [-0.05, 0) is 29.4 Å². The van der Waals surface area contributed by atoms with Gasteiger partial charge in [-0.25, -0.2) is 4.98 Å². The highest BCUT2D eigenvalue weighted by Gasteiger charge is 2.65. The van der Waals surface area contributed by atoms with E-state index < -0.39 is 0 Å². The van der Waals surface area contributed by atoms with Crippen LogP contribution in [0.1, 0.15) is 51.5 Å². The van der Waals surface area contributed by atoms with Gasteiger partial charge in [-0.2, -0.15) is 0 Å². The van der Waals surface area contributed by atoms with Crippen LogP contribution in [-0.2, 0) is 0 Å². The van der Waals surface area contributed by atoms with E-state index >= 15 is 0 Å². The first-order valence-corrected chi connectivity index (χ1v) is 7.31. The van der Waals surface area contributed by atoms with Crippen LogP contribution in [0.15, 0.2) is 18.3 Å². The van der Waals surface area contributed by atoms with Crippen LogP contribution in [-0.4, -0.2) is 23.5 Å². The van der Waals surface area contributed by atoms with Crippen molar-refractivity contribution in [3.63, 3.8) is 0 Å². The number of hydrogen-bond donors (Lipinski definition) is 2. The summed E-state index contributed by atoms with van der Waals surface area (Å²) in [6.07, 6.45) is 2.78. The number of anilines is 1. The average molecular weight is 275 g/mol. The Morgan fingerprint density at radius 3 is 2.35 bits per heavy atom. The molecule has 0 unspecified atom stereocenters. The monoisotopic (exact) mass is 275 g/mol. The van der Waals surface area contributed by atoms with E-state index in [0.29, 0.717) is 5.69 Å². The maximum atomic E-state index is 12.2. The number of pyridine rings is 1. The van der Waals surface area contributed by atoms with Crippen molar-refractivity contribution in [1.29, 1.82) is 0 Å². The lowest BCUT2D eigenvalue weighted by Crippen LogP contribution is -2.30. The van der Waals surface area contributed by atoms with Crippen molar-refractivity contribution in [2.24, 2.45) is 10.8 Å². The molecule has 1 aliphatic rings. The quantitative estimate of drug-likeness (QED) is 0.868. The van der Waals surface area contributed by atoms with Crippen LogP contribution in [0.25, 0.3) is 0 Å². The highest BCUT2D eigenvalue weighted by Crippen LogP contribution is 2.62. The summed E-state index contributed by atoms with van der Waals surface area (Å²) in [5.41, 5.74) is 1.72. The number of nitrogens with one attached hydrogen (secondary N) is 2. The van der Waals surface area contributed by atoms with E-state index in [1.54, 1.807) is 12.3 Å². The third kappa shape index (κ3) is 2.51. The summed E-state index contributed by atoms with van der Waals surface area (Å²) >= 11 is 0. The Hall–Kier alpha value is -1.58. The minimum atomic E-state index is -0.0873. The van der Waals surface area contributed by atoms with Crippen molar-refractivity contribution in [2.45, 2.75) is 47.1 Å². The molecule has 0 aromatic carbocycles. The van der Waals surface area contributed by atoms with Gasteiger partial charge in [-0.3, -0.25) is 4.79 Å². The number of rotatable bonds is 5. The first-order chi connectivity index (χ1) is 9.30. The fourth-order valence-corrected chi connectivity index (χ4v) is 2.66. The summed E-state index contributed by atoms with van der Waals surface area (Å²) in [7, 11) is 0. The fraction of sp³-hybridized carbons (Fsp3) is 0.625. The molecule has 1 aliphatic carbocycles. The summed E-state index contributed by atoms with van der Waals surface area (Å²) in [5, 5.41) is 6.34.